The van der Waals surface area contributed by atoms with Crippen LogP contribution in [0.1, 0.15) is 40.5 Å². The molecule has 0 bridgehead atoms. The second-order valence-corrected chi connectivity index (χ2v) is 4.37. The van der Waals surface area contributed by atoms with Gasteiger partial charge in [0.25, 0.3) is 0 Å². The van der Waals surface area contributed by atoms with Crippen molar-refractivity contribution in [3.8, 4) is 0 Å². The highest BCUT2D eigenvalue weighted by Crippen LogP contribution is 1.99. The fourth-order valence-electron chi connectivity index (χ4n) is 1.49. The molecule has 0 aliphatic rings. The van der Waals surface area contributed by atoms with Gasteiger partial charge in [0.1, 0.15) is 0 Å². The molecular weight excluding hydrogens is 188 g/mol. The number of nitrogens with zero attached hydrogens (tertiary/aromatic N) is 2. The number of carbonyl (C=O) groups excluding carboxylic acids is 1. The minimum absolute atomic E-state index is 0.229. The van der Waals surface area contributed by atoms with E-state index in [4.69, 9.17) is 0 Å². The summed E-state index contributed by atoms with van der Waals surface area (Å²) >= 11 is 0. The van der Waals surface area contributed by atoms with E-state index in [2.05, 4.69) is 18.7 Å². The zero-order chi connectivity index (χ0) is 11.8. The molecule has 0 spiro atoms. The highest BCUT2D eigenvalue weighted by Gasteiger charge is 2.15. The summed E-state index contributed by atoms with van der Waals surface area (Å²) in [5.74, 6) is 0.229. The van der Waals surface area contributed by atoms with Crippen molar-refractivity contribution in [1.82, 2.24) is 9.80 Å². The van der Waals surface area contributed by atoms with E-state index in [0.29, 0.717) is 12.6 Å². The van der Waals surface area contributed by atoms with Gasteiger partial charge in [-0.3, -0.25) is 9.69 Å². The largest absolute Gasteiger partial charge is 0.342 e. The van der Waals surface area contributed by atoms with Crippen molar-refractivity contribution in [2.24, 2.45) is 0 Å². The lowest BCUT2D eigenvalue weighted by Crippen LogP contribution is -2.41. The summed E-state index contributed by atoms with van der Waals surface area (Å²) in [7, 11) is 1.88. The lowest BCUT2D eigenvalue weighted by Gasteiger charge is -2.26. The van der Waals surface area contributed by atoms with Crippen LogP contribution in [0.3, 0.4) is 0 Å². The standard InChI is InChI=1S/C12H26N2O/c1-6-8-14(9-7-2)10-12(15)13(5)11(3)4/h11H,6-10H2,1-5H3. The molecule has 90 valence electrons. The van der Waals surface area contributed by atoms with E-state index in [1.807, 2.05) is 25.8 Å². The third-order valence-electron chi connectivity index (χ3n) is 2.61. The molecule has 0 heterocycles. The maximum atomic E-state index is 11.8. The third-order valence-corrected chi connectivity index (χ3v) is 2.61. The topological polar surface area (TPSA) is 23.6 Å². The van der Waals surface area contributed by atoms with Gasteiger partial charge in [0, 0.05) is 13.1 Å². The third kappa shape index (κ3) is 5.78. The molecule has 0 aliphatic heterocycles. The van der Waals surface area contributed by atoms with Crippen LogP contribution in [0.4, 0.5) is 0 Å². The van der Waals surface area contributed by atoms with Crippen LogP contribution in [0, 0.1) is 0 Å². The van der Waals surface area contributed by atoms with Gasteiger partial charge < -0.3 is 4.90 Å². The highest BCUT2D eigenvalue weighted by molar-refractivity contribution is 5.78. The van der Waals surface area contributed by atoms with Gasteiger partial charge in [0.05, 0.1) is 6.54 Å². The molecule has 15 heavy (non-hydrogen) atoms. The van der Waals surface area contributed by atoms with Crippen LogP contribution >= 0.6 is 0 Å². The fraction of sp³-hybridized carbons (Fsp3) is 0.917. The molecule has 1 amide bonds. The van der Waals surface area contributed by atoms with Crippen LogP contribution in [0.2, 0.25) is 0 Å². The van der Waals surface area contributed by atoms with Crippen LogP contribution in [0.15, 0.2) is 0 Å². The first-order valence-electron chi connectivity index (χ1n) is 6.00. The van der Waals surface area contributed by atoms with E-state index in [1.165, 1.54) is 0 Å². The Hall–Kier alpha value is -0.570. The van der Waals surface area contributed by atoms with Crippen LogP contribution in [0.5, 0.6) is 0 Å². The van der Waals surface area contributed by atoms with Gasteiger partial charge >= 0.3 is 0 Å². The maximum absolute atomic E-state index is 11.8. The summed E-state index contributed by atoms with van der Waals surface area (Å²) in [4.78, 5) is 15.9. The Balaban J connectivity index is 4.09. The zero-order valence-electron chi connectivity index (χ0n) is 10.9. The molecule has 0 aromatic carbocycles. The van der Waals surface area contributed by atoms with E-state index >= 15 is 0 Å². The van der Waals surface area contributed by atoms with Crippen molar-refractivity contribution in [2.45, 2.75) is 46.6 Å². The number of hydrogen-bond donors (Lipinski definition) is 0. The normalized spacial score (nSPS) is 11.1. The summed E-state index contributed by atoms with van der Waals surface area (Å²) in [6.45, 7) is 11.0. The summed E-state index contributed by atoms with van der Waals surface area (Å²) in [5, 5.41) is 0. The van der Waals surface area contributed by atoms with Gasteiger partial charge in [0.15, 0.2) is 0 Å². The first-order valence-corrected chi connectivity index (χ1v) is 6.00. The first-order chi connectivity index (χ1) is 7.02. The van der Waals surface area contributed by atoms with Crippen molar-refractivity contribution in [3.05, 3.63) is 0 Å². The molecule has 0 aromatic heterocycles. The number of carbonyl (C=O) groups is 1. The molecule has 0 unspecified atom stereocenters. The Kier molecular flexibility index (Phi) is 7.39. The number of rotatable bonds is 7. The number of likely N-dealkylation sites (N-methyl/N-ethyl adjacent to an activating group) is 1. The van der Waals surface area contributed by atoms with Crippen LogP contribution in [-0.2, 0) is 4.79 Å². The molecule has 0 rings (SSSR count). The molecule has 3 nitrogen and oxygen atoms in total. The smallest absolute Gasteiger partial charge is 0.236 e. The molecule has 3 heteroatoms. The first kappa shape index (κ1) is 14.4. The molecule has 0 fully saturated rings. The molecular formula is C12H26N2O. The number of hydrogen-bond acceptors (Lipinski definition) is 2. The summed E-state index contributed by atoms with van der Waals surface area (Å²) in [5.41, 5.74) is 0. The van der Waals surface area contributed by atoms with Crippen molar-refractivity contribution in [1.29, 1.82) is 0 Å². The molecule has 0 aromatic rings. The van der Waals surface area contributed by atoms with Crippen molar-refractivity contribution < 1.29 is 4.79 Å². The SMILES string of the molecule is CCCN(CCC)CC(=O)N(C)C(C)C. The Labute approximate surface area is 94.4 Å². The van der Waals surface area contributed by atoms with Crippen LogP contribution in [0.25, 0.3) is 0 Å². The van der Waals surface area contributed by atoms with Crippen LogP contribution < -0.4 is 0 Å². The molecule has 0 aliphatic carbocycles. The van der Waals surface area contributed by atoms with E-state index in [-0.39, 0.29) is 5.91 Å². The van der Waals surface area contributed by atoms with E-state index < -0.39 is 0 Å². The zero-order valence-corrected chi connectivity index (χ0v) is 10.9. The van der Waals surface area contributed by atoms with Crippen molar-refractivity contribution in [3.63, 3.8) is 0 Å². The molecule has 0 N–H and O–H groups in total. The van der Waals surface area contributed by atoms with Gasteiger partial charge in [0.2, 0.25) is 5.91 Å². The average molecular weight is 214 g/mol. The summed E-state index contributed by atoms with van der Waals surface area (Å²) < 4.78 is 0. The lowest BCUT2D eigenvalue weighted by molar-refractivity contribution is -0.132. The number of amides is 1. The highest BCUT2D eigenvalue weighted by atomic mass is 16.2. The Morgan fingerprint density at radius 2 is 1.60 bits per heavy atom. The average Bonchev–Trinajstić information content (AvgIpc) is 2.17. The second-order valence-electron chi connectivity index (χ2n) is 4.37. The lowest BCUT2D eigenvalue weighted by atomic mass is 10.3. The summed E-state index contributed by atoms with van der Waals surface area (Å²) in [6.07, 6.45) is 2.22. The van der Waals surface area contributed by atoms with E-state index in [1.54, 1.807) is 0 Å². The monoisotopic (exact) mass is 214 g/mol. The van der Waals surface area contributed by atoms with Gasteiger partial charge in [-0.05, 0) is 39.8 Å². The molecule has 0 saturated heterocycles. The van der Waals surface area contributed by atoms with Crippen molar-refractivity contribution in [2.75, 3.05) is 26.7 Å². The Morgan fingerprint density at radius 3 is 1.93 bits per heavy atom. The fourth-order valence-corrected chi connectivity index (χ4v) is 1.49. The summed E-state index contributed by atoms with van der Waals surface area (Å²) in [6, 6.07) is 0.294. The molecule has 0 atom stereocenters. The quantitative estimate of drug-likeness (QED) is 0.647. The minimum atomic E-state index is 0.229. The minimum Gasteiger partial charge on any atom is -0.342 e. The second kappa shape index (κ2) is 7.69. The Bertz CT molecular complexity index is 174. The van der Waals surface area contributed by atoms with Gasteiger partial charge in [-0.15, -0.1) is 0 Å². The Morgan fingerprint density at radius 1 is 1.13 bits per heavy atom. The molecule has 0 saturated carbocycles. The van der Waals surface area contributed by atoms with Gasteiger partial charge in [-0.2, -0.15) is 0 Å². The van der Waals surface area contributed by atoms with Crippen molar-refractivity contribution >= 4 is 5.91 Å². The predicted octanol–water partition coefficient (Wildman–Crippen LogP) is 1.98. The predicted molar refractivity (Wildman–Crippen MR) is 64.9 cm³/mol. The van der Waals surface area contributed by atoms with Crippen LogP contribution in [-0.4, -0.2) is 48.4 Å². The van der Waals surface area contributed by atoms with Gasteiger partial charge in [-0.1, -0.05) is 13.8 Å². The van der Waals surface area contributed by atoms with E-state index in [9.17, 15) is 4.79 Å². The molecule has 0 radical (unpaired) electrons. The maximum Gasteiger partial charge on any atom is 0.236 e. The van der Waals surface area contributed by atoms with E-state index in [0.717, 1.165) is 25.9 Å². The van der Waals surface area contributed by atoms with Gasteiger partial charge in [-0.25, -0.2) is 0 Å².